The minimum Gasteiger partial charge on any atom is -0.329 e. The quantitative estimate of drug-likeness (QED) is 0.795. The van der Waals surface area contributed by atoms with Crippen molar-refractivity contribution < 1.29 is 0 Å². The van der Waals surface area contributed by atoms with Crippen molar-refractivity contribution in [3.63, 3.8) is 0 Å². The Morgan fingerprint density at radius 2 is 2.00 bits per heavy atom. The molecule has 0 spiro atoms. The fraction of sp³-hybridized carbons (Fsp3) is 1.00. The van der Waals surface area contributed by atoms with Gasteiger partial charge in [-0.05, 0) is 38.6 Å². The van der Waals surface area contributed by atoms with Gasteiger partial charge in [0.1, 0.15) is 0 Å². The molecule has 0 aromatic heterocycles. The highest BCUT2D eigenvalue weighted by molar-refractivity contribution is 4.98. The number of rotatable bonds is 4. The highest BCUT2D eigenvalue weighted by Crippen LogP contribution is 2.40. The number of nitrogens with two attached hydrogens (primary N) is 1. The maximum atomic E-state index is 6.13. The van der Waals surface area contributed by atoms with Crippen molar-refractivity contribution >= 4 is 0 Å². The third kappa shape index (κ3) is 2.14. The molecular weight excluding hydrogens is 196 g/mol. The van der Waals surface area contributed by atoms with Crippen molar-refractivity contribution in [2.75, 3.05) is 13.6 Å². The monoisotopic (exact) mass is 224 g/mol. The average Bonchev–Trinajstić information content (AvgIpc) is 2.26. The first-order chi connectivity index (χ1) is 7.72. The second-order valence-electron chi connectivity index (χ2n) is 5.99. The average molecular weight is 224 g/mol. The molecule has 2 atom stereocenters. The summed E-state index contributed by atoms with van der Waals surface area (Å²) in [6, 6.07) is 0.833. The number of likely N-dealkylation sites (N-methyl/N-ethyl adjacent to an activating group) is 1. The molecule has 0 bridgehead atoms. The van der Waals surface area contributed by atoms with Crippen LogP contribution in [-0.2, 0) is 0 Å². The van der Waals surface area contributed by atoms with Crippen molar-refractivity contribution in [1.29, 1.82) is 0 Å². The summed E-state index contributed by atoms with van der Waals surface area (Å²) >= 11 is 0. The molecule has 94 valence electrons. The van der Waals surface area contributed by atoms with Crippen molar-refractivity contribution in [3.05, 3.63) is 0 Å². The summed E-state index contributed by atoms with van der Waals surface area (Å²) in [6.45, 7) is 3.19. The smallest absolute Gasteiger partial charge is 0.0334 e. The zero-order valence-corrected chi connectivity index (χ0v) is 11.0. The summed E-state index contributed by atoms with van der Waals surface area (Å²) < 4.78 is 0. The van der Waals surface area contributed by atoms with Gasteiger partial charge < -0.3 is 5.73 Å². The van der Waals surface area contributed by atoms with E-state index >= 15 is 0 Å². The lowest BCUT2D eigenvalue weighted by Crippen LogP contribution is -2.59. The van der Waals surface area contributed by atoms with Crippen LogP contribution in [0.4, 0.5) is 0 Å². The Bertz CT molecular complexity index is 225. The van der Waals surface area contributed by atoms with Gasteiger partial charge in [0, 0.05) is 18.1 Å². The second kappa shape index (κ2) is 5.05. The lowest BCUT2D eigenvalue weighted by molar-refractivity contribution is -0.00297. The summed E-state index contributed by atoms with van der Waals surface area (Å²) in [5, 5.41) is 0. The van der Waals surface area contributed by atoms with Gasteiger partial charge in [0.15, 0.2) is 0 Å². The van der Waals surface area contributed by atoms with Crippen molar-refractivity contribution in [2.24, 2.45) is 11.7 Å². The third-order valence-electron chi connectivity index (χ3n) is 5.25. The third-order valence-corrected chi connectivity index (χ3v) is 5.25. The minimum absolute atomic E-state index is 0.337. The molecule has 2 N–H and O–H groups in total. The first-order valence-electron chi connectivity index (χ1n) is 7.15. The van der Waals surface area contributed by atoms with E-state index in [1.165, 1.54) is 51.4 Å². The van der Waals surface area contributed by atoms with Gasteiger partial charge >= 0.3 is 0 Å². The topological polar surface area (TPSA) is 29.3 Å². The first kappa shape index (κ1) is 12.4. The Morgan fingerprint density at radius 1 is 1.25 bits per heavy atom. The molecule has 2 aliphatic rings. The van der Waals surface area contributed by atoms with Gasteiger partial charge in [-0.2, -0.15) is 0 Å². The van der Waals surface area contributed by atoms with E-state index < -0.39 is 0 Å². The SMILES string of the molecule is CCC1CCCC(CN)(N(C)C2CCC2)C1. The van der Waals surface area contributed by atoms with Crippen LogP contribution in [0.5, 0.6) is 0 Å². The fourth-order valence-corrected chi connectivity index (χ4v) is 3.62. The standard InChI is InChI=1S/C14H28N2/c1-3-12-6-5-9-14(10-12,11-15)16(2)13-7-4-8-13/h12-13H,3-11,15H2,1-2H3. The number of hydrogen-bond acceptors (Lipinski definition) is 2. The van der Waals surface area contributed by atoms with Crippen LogP contribution >= 0.6 is 0 Å². The van der Waals surface area contributed by atoms with Crippen LogP contribution in [0, 0.1) is 5.92 Å². The molecule has 16 heavy (non-hydrogen) atoms. The molecule has 2 fully saturated rings. The molecule has 0 aliphatic heterocycles. The molecule has 2 nitrogen and oxygen atoms in total. The molecule has 2 heteroatoms. The Labute approximate surface area is 101 Å². The summed E-state index contributed by atoms with van der Waals surface area (Å²) in [4.78, 5) is 2.65. The van der Waals surface area contributed by atoms with E-state index in [0.29, 0.717) is 5.54 Å². The molecule has 0 radical (unpaired) electrons. The van der Waals surface area contributed by atoms with Gasteiger partial charge in [0.25, 0.3) is 0 Å². The molecule has 0 aromatic carbocycles. The van der Waals surface area contributed by atoms with Crippen LogP contribution in [0.2, 0.25) is 0 Å². The molecule has 2 rings (SSSR count). The molecular formula is C14H28N2. The second-order valence-corrected chi connectivity index (χ2v) is 5.99. The highest BCUT2D eigenvalue weighted by Gasteiger charge is 2.41. The maximum absolute atomic E-state index is 6.13. The predicted molar refractivity (Wildman–Crippen MR) is 69.4 cm³/mol. The Hall–Kier alpha value is -0.0800. The van der Waals surface area contributed by atoms with Crippen LogP contribution in [0.15, 0.2) is 0 Å². The van der Waals surface area contributed by atoms with E-state index in [1.807, 2.05) is 0 Å². The van der Waals surface area contributed by atoms with Crippen LogP contribution in [0.3, 0.4) is 0 Å². The van der Waals surface area contributed by atoms with Gasteiger partial charge in [0.05, 0.1) is 0 Å². The van der Waals surface area contributed by atoms with E-state index in [1.54, 1.807) is 0 Å². The lowest BCUT2D eigenvalue weighted by atomic mass is 9.72. The fourth-order valence-electron chi connectivity index (χ4n) is 3.62. The maximum Gasteiger partial charge on any atom is 0.0334 e. The normalized spacial score (nSPS) is 36.4. The van der Waals surface area contributed by atoms with E-state index in [-0.39, 0.29) is 0 Å². The highest BCUT2D eigenvalue weighted by atomic mass is 15.2. The van der Waals surface area contributed by atoms with E-state index in [2.05, 4.69) is 18.9 Å². The van der Waals surface area contributed by atoms with Crippen LogP contribution in [0.1, 0.15) is 58.3 Å². The molecule has 0 aromatic rings. The molecule has 2 saturated carbocycles. The summed E-state index contributed by atoms with van der Waals surface area (Å²) in [5.41, 5.74) is 6.47. The van der Waals surface area contributed by atoms with E-state index in [4.69, 9.17) is 5.73 Å². The Balaban J connectivity index is 2.04. The predicted octanol–water partition coefficient (Wildman–Crippen LogP) is 2.77. The van der Waals surface area contributed by atoms with Crippen LogP contribution < -0.4 is 5.73 Å². The van der Waals surface area contributed by atoms with Crippen molar-refractivity contribution in [3.8, 4) is 0 Å². The Kier molecular flexibility index (Phi) is 3.91. The molecule has 0 saturated heterocycles. The van der Waals surface area contributed by atoms with Crippen molar-refractivity contribution in [1.82, 2.24) is 4.90 Å². The largest absolute Gasteiger partial charge is 0.329 e. The summed E-state index contributed by atoms with van der Waals surface area (Å²) in [6.07, 6.45) is 11.0. The minimum atomic E-state index is 0.337. The first-order valence-corrected chi connectivity index (χ1v) is 7.15. The zero-order valence-electron chi connectivity index (χ0n) is 11.0. The Morgan fingerprint density at radius 3 is 2.50 bits per heavy atom. The van der Waals surface area contributed by atoms with E-state index in [0.717, 1.165) is 18.5 Å². The molecule has 0 amide bonds. The van der Waals surface area contributed by atoms with Crippen LogP contribution in [0.25, 0.3) is 0 Å². The van der Waals surface area contributed by atoms with Gasteiger partial charge in [-0.15, -0.1) is 0 Å². The summed E-state index contributed by atoms with van der Waals surface area (Å²) in [7, 11) is 2.33. The van der Waals surface area contributed by atoms with Gasteiger partial charge in [-0.1, -0.05) is 32.6 Å². The molecule has 0 heterocycles. The van der Waals surface area contributed by atoms with E-state index in [9.17, 15) is 0 Å². The summed E-state index contributed by atoms with van der Waals surface area (Å²) in [5.74, 6) is 0.917. The molecule has 2 unspecified atom stereocenters. The molecule has 2 aliphatic carbocycles. The zero-order chi connectivity index (χ0) is 11.6. The van der Waals surface area contributed by atoms with Gasteiger partial charge in [-0.25, -0.2) is 0 Å². The number of hydrogen-bond donors (Lipinski definition) is 1. The van der Waals surface area contributed by atoms with Crippen molar-refractivity contribution in [2.45, 2.75) is 69.9 Å². The van der Waals surface area contributed by atoms with Gasteiger partial charge in [-0.3, -0.25) is 4.90 Å². The number of nitrogens with zero attached hydrogens (tertiary/aromatic N) is 1. The lowest BCUT2D eigenvalue weighted by Gasteiger charge is -2.52. The van der Waals surface area contributed by atoms with Gasteiger partial charge in [0.2, 0.25) is 0 Å². The van der Waals surface area contributed by atoms with Crippen LogP contribution in [-0.4, -0.2) is 30.1 Å².